The maximum absolute atomic E-state index is 12.5. The minimum atomic E-state index is -0.195. The molecule has 2 aliphatic carbocycles. The van der Waals surface area contributed by atoms with Crippen molar-refractivity contribution in [3.8, 4) is 0 Å². The SMILES string of the molecule is CC1(C)CCC(C(=O)C=C(O)C2(C)CCC(C)(C)CC2)CC1. The quantitative estimate of drug-likeness (QED) is 0.527. The van der Waals surface area contributed by atoms with E-state index in [1.54, 1.807) is 6.08 Å². The van der Waals surface area contributed by atoms with Crippen LogP contribution in [0, 0.1) is 22.2 Å². The normalized spacial score (nSPS) is 28.3. The molecule has 2 nitrogen and oxygen atoms in total. The summed E-state index contributed by atoms with van der Waals surface area (Å²) in [4.78, 5) is 12.5. The summed E-state index contributed by atoms with van der Waals surface area (Å²) in [6, 6.07) is 0. The Morgan fingerprint density at radius 1 is 0.864 bits per heavy atom. The second kappa shape index (κ2) is 6.02. The van der Waals surface area contributed by atoms with Crippen LogP contribution in [-0.4, -0.2) is 10.9 Å². The molecule has 0 unspecified atom stereocenters. The molecular weight excluding hydrogens is 272 g/mol. The molecule has 0 atom stereocenters. The maximum Gasteiger partial charge on any atom is 0.162 e. The van der Waals surface area contributed by atoms with Crippen LogP contribution >= 0.6 is 0 Å². The van der Waals surface area contributed by atoms with Crippen molar-refractivity contribution in [3.63, 3.8) is 0 Å². The van der Waals surface area contributed by atoms with Gasteiger partial charge in [-0.25, -0.2) is 0 Å². The molecule has 0 spiro atoms. The number of carbonyl (C=O) groups is 1. The van der Waals surface area contributed by atoms with Gasteiger partial charge in [0, 0.05) is 17.4 Å². The highest BCUT2D eigenvalue weighted by molar-refractivity contribution is 5.92. The van der Waals surface area contributed by atoms with E-state index in [0.717, 1.165) is 51.4 Å². The van der Waals surface area contributed by atoms with E-state index in [-0.39, 0.29) is 17.1 Å². The summed E-state index contributed by atoms with van der Waals surface area (Å²) in [5.74, 6) is 0.607. The summed E-state index contributed by atoms with van der Waals surface area (Å²) in [5, 5.41) is 10.5. The van der Waals surface area contributed by atoms with Crippen LogP contribution < -0.4 is 0 Å². The maximum atomic E-state index is 12.5. The van der Waals surface area contributed by atoms with E-state index in [1.807, 2.05) is 0 Å². The van der Waals surface area contributed by atoms with Crippen molar-refractivity contribution in [1.82, 2.24) is 0 Å². The van der Waals surface area contributed by atoms with Crippen molar-refractivity contribution >= 4 is 5.78 Å². The van der Waals surface area contributed by atoms with Gasteiger partial charge in [-0.3, -0.25) is 4.79 Å². The van der Waals surface area contributed by atoms with E-state index < -0.39 is 0 Å². The Labute approximate surface area is 136 Å². The number of carbonyl (C=O) groups excluding carboxylic acids is 1. The zero-order valence-corrected chi connectivity index (χ0v) is 15.2. The monoisotopic (exact) mass is 306 g/mol. The van der Waals surface area contributed by atoms with Crippen molar-refractivity contribution < 1.29 is 9.90 Å². The first-order valence-electron chi connectivity index (χ1n) is 8.98. The number of hydrogen-bond acceptors (Lipinski definition) is 2. The van der Waals surface area contributed by atoms with Gasteiger partial charge in [0.25, 0.3) is 0 Å². The third-order valence-corrected chi connectivity index (χ3v) is 6.35. The smallest absolute Gasteiger partial charge is 0.162 e. The Bertz CT molecular complexity index is 436. The van der Waals surface area contributed by atoms with Crippen LogP contribution in [0.3, 0.4) is 0 Å². The molecule has 0 aliphatic heterocycles. The van der Waals surface area contributed by atoms with Gasteiger partial charge in [0.05, 0.1) is 0 Å². The third-order valence-electron chi connectivity index (χ3n) is 6.35. The second-order valence-corrected chi connectivity index (χ2v) is 9.60. The van der Waals surface area contributed by atoms with Gasteiger partial charge in [-0.05, 0) is 62.2 Å². The molecule has 0 amide bonds. The van der Waals surface area contributed by atoms with Crippen molar-refractivity contribution in [1.29, 1.82) is 0 Å². The molecule has 2 saturated carbocycles. The summed E-state index contributed by atoms with van der Waals surface area (Å²) in [7, 11) is 0. The highest BCUT2D eigenvalue weighted by Crippen LogP contribution is 2.48. The molecule has 0 aromatic carbocycles. The minimum Gasteiger partial charge on any atom is -0.512 e. The topological polar surface area (TPSA) is 37.3 Å². The van der Waals surface area contributed by atoms with Crippen LogP contribution in [0.1, 0.15) is 86.0 Å². The summed E-state index contributed by atoms with van der Waals surface area (Å²) >= 11 is 0. The summed E-state index contributed by atoms with van der Waals surface area (Å²) in [6.45, 7) is 11.3. The summed E-state index contributed by atoms with van der Waals surface area (Å²) < 4.78 is 0. The lowest BCUT2D eigenvalue weighted by atomic mass is 9.65. The lowest BCUT2D eigenvalue weighted by molar-refractivity contribution is -0.120. The Morgan fingerprint density at radius 3 is 1.82 bits per heavy atom. The molecule has 0 aromatic heterocycles. The van der Waals surface area contributed by atoms with Crippen LogP contribution in [-0.2, 0) is 4.79 Å². The molecule has 0 radical (unpaired) electrons. The summed E-state index contributed by atoms with van der Waals surface area (Å²) in [6.07, 6.45) is 9.94. The first-order valence-corrected chi connectivity index (χ1v) is 8.98. The predicted molar refractivity (Wildman–Crippen MR) is 91.8 cm³/mol. The fourth-order valence-corrected chi connectivity index (χ4v) is 3.85. The van der Waals surface area contributed by atoms with Gasteiger partial charge in [-0.1, -0.05) is 34.6 Å². The van der Waals surface area contributed by atoms with Crippen LogP contribution in [0.15, 0.2) is 11.8 Å². The van der Waals surface area contributed by atoms with Crippen molar-refractivity contribution in [2.75, 3.05) is 0 Å². The van der Waals surface area contributed by atoms with Gasteiger partial charge in [0.15, 0.2) is 5.78 Å². The Hall–Kier alpha value is -0.790. The number of allylic oxidation sites excluding steroid dienone is 2. The van der Waals surface area contributed by atoms with Crippen molar-refractivity contribution in [2.24, 2.45) is 22.2 Å². The standard InChI is InChI=1S/C20H34O2/c1-18(2)8-6-15(7-9-18)16(21)14-17(22)20(5)12-10-19(3,4)11-13-20/h14-15,22H,6-13H2,1-5H3. The molecule has 2 heteroatoms. The molecular formula is C20H34O2. The van der Waals surface area contributed by atoms with Gasteiger partial charge in [-0.15, -0.1) is 0 Å². The molecule has 1 N–H and O–H groups in total. The van der Waals surface area contributed by atoms with Crippen LogP contribution in [0.2, 0.25) is 0 Å². The first kappa shape index (κ1) is 17.6. The third kappa shape index (κ3) is 4.14. The van der Waals surface area contributed by atoms with E-state index in [2.05, 4.69) is 34.6 Å². The molecule has 0 aromatic rings. The van der Waals surface area contributed by atoms with E-state index in [4.69, 9.17) is 0 Å². The van der Waals surface area contributed by atoms with Crippen LogP contribution in [0.25, 0.3) is 0 Å². The molecule has 2 aliphatic rings. The summed E-state index contributed by atoms with van der Waals surface area (Å²) in [5.41, 5.74) is 0.557. The first-order chi connectivity index (χ1) is 10.0. The molecule has 2 fully saturated rings. The minimum absolute atomic E-state index is 0.124. The van der Waals surface area contributed by atoms with Gasteiger partial charge < -0.3 is 5.11 Å². The number of aliphatic hydroxyl groups is 1. The molecule has 2 rings (SSSR count). The fourth-order valence-electron chi connectivity index (χ4n) is 3.85. The van der Waals surface area contributed by atoms with E-state index in [0.29, 0.717) is 16.6 Å². The average Bonchev–Trinajstić information content (AvgIpc) is 2.42. The molecule has 0 saturated heterocycles. The Balaban J connectivity index is 1.98. The number of rotatable bonds is 3. The second-order valence-electron chi connectivity index (χ2n) is 9.60. The number of aliphatic hydroxyl groups excluding tert-OH is 1. The van der Waals surface area contributed by atoms with Crippen molar-refractivity contribution in [3.05, 3.63) is 11.8 Å². The Kier molecular flexibility index (Phi) is 4.80. The number of ketones is 1. The van der Waals surface area contributed by atoms with Gasteiger partial charge in [0.1, 0.15) is 5.76 Å². The van der Waals surface area contributed by atoms with E-state index in [1.165, 1.54) is 0 Å². The van der Waals surface area contributed by atoms with Gasteiger partial charge >= 0.3 is 0 Å². The molecule has 0 heterocycles. The van der Waals surface area contributed by atoms with Gasteiger partial charge in [-0.2, -0.15) is 0 Å². The average molecular weight is 306 g/mol. The van der Waals surface area contributed by atoms with Crippen molar-refractivity contribution in [2.45, 2.75) is 86.0 Å². The van der Waals surface area contributed by atoms with E-state index in [9.17, 15) is 9.90 Å². The molecule has 22 heavy (non-hydrogen) atoms. The lowest BCUT2D eigenvalue weighted by Gasteiger charge is -2.41. The van der Waals surface area contributed by atoms with Crippen LogP contribution in [0.5, 0.6) is 0 Å². The highest BCUT2D eigenvalue weighted by Gasteiger charge is 2.38. The lowest BCUT2D eigenvalue weighted by Crippen LogP contribution is -2.31. The Morgan fingerprint density at radius 2 is 1.32 bits per heavy atom. The number of hydrogen-bond donors (Lipinski definition) is 1. The predicted octanol–water partition coefficient (Wildman–Crippen LogP) is 5.82. The molecule has 126 valence electrons. The van der Waals surface area contributed by atoms with E-state index >= 15 is 0 Å². The van der Waals surface area contributed by atoms with Crippen LogP contribution in [0.4, 0.5) is 0 Å². The molecule has 0 bridgehead atoms. The zero-order valence-electron chi connectivity index (χ0n) is 15.2. The highest BCUT2D eigenvalue weighted by atomic mass is 16.3. The van der Waals surface area contributed by atoms with Gasteiger partial charge in [0.2, 0.25) is 0 Å². The zero-order chi connectivity index (χ0) is 16.6. The largest absolute Gasteiger partial charge is 0.512 e. The fraction of sp³-hybridized carbons (Fsp3) is 0.850.